The maximum absolute atomic E-state index is 4.35. The summed E-state index contributed by atoms with van der Waals surface area (Å²) in [5.41, 5.74) is 2.38. The normalized spacial score (nSPS) is 10.5. The third-order valence-electron chi connectivity index (χ3n) is 1.82. The lowest BCUT2D eigenvalue weighted by atomic mass is 10.1. The molecule has 0 bridgehead atoms. The van der Waals surface area contributed by atoms with Crippen molar-refractivity contribution in [3.8, 4) is 10.6 Å². The van der Waals surface area contributed by atoms with E-state index >= 15 is 0 Å². The van der Waals surface area contributed by atoms with Crippen molar-refractivity contribution in [1.29, 1.82) is 0 Å². The van der Waals surface area contributed by atoms with Crippen molar-refractivity contribution in [3.05, 3.63) is 32.1 Å². The standard InChI is InChI=1S/C9H6BrIN2S/c1-5-4-6(10)2-3-7(5)8-12-9(11)13-14-8/h2-4H,1H3. The van der Waals surface area contributed by atoms with E-state index in [0.717, 1.165) is 18.9 Å². The van der Waals surface area contributed by atoms with Crippen LogP contribution in [0.4, 0.5) is 0 Å². The first kappa shape index (κ1) is 10.5. The minimum absolute atomic E-state index is 0.810. The number of nitrogens with zero attached hydrogens (tertiary/aromatic N) is 2. The fourth-order valence-corrected chi connectivity index (χ4v) is 3.02. The van der Waals surface area contributed by atoms with Crippen LogP contribution in [0.25, 0.3) is 10.6 Å². The molecule has 1 heterocycles. The molecule has 1 aromatic heterocycles. The van der Waals surface area contributed by atoms with Crippen molar-refractivity contribution >= 4 is 50.1 Å². The van der Waals surface area contributed by atoms with Gasteiger partial charge in [-0.2, -0.15) is 4.37 Å². The van der Waals surface area contributed by atoms with E-state index in [1.165, 1.54) is 17.1 Å². The summed E-state index contributed by atoms with van der Waals surface area (Å²) >= 11 is 7.00. The Balaban J connectivity index is 2.52. The Morgan fingerprint density at radius 1 is 1.43 bits per heavy atom. The third-order valence-corrected chi connectivity index (χ3v) is 3.87. The number of hydrogen-bond donors (Lipinski definition) is 0. The van der Waals surface area contributed by atoms with Gasteiger partial charge in [-0.3, -0.25) is 0 Å². The highest BCUT2D eigenvalue weighted by Gasteiger charge is 2.07. The summed E-state index contributed by atoms with van der Waals surface area (Å²) in [5, 5.41) is 0.986. The lowest BCUT2D eigenvalue weighted by Gasteiger charge is -2.01. The molecule has 0 saturated heterocycles. The van der Waals surface area contributed by atoms with Gasteiger partial charge in [0, 0.05) is 32.6 Å². The van der Waals surface area contributed by atoms with Crippen LogP contribution >= 0.6 is 50.1 Å². The number of aromatic nitrogens is 2. The smallest absolute Gasteiger partial charge is 0.203 e. The number of rotatable bonds is 1. The quantitative estimate of drug-likeness (QED) is 0.701. The van der Waals surface area contributed by atoms with Gasteiger partial charge < -0.3 is 0 Å². The van der Waals surface area contributed by atoms with Crippen LogP contribution in [-0.2, 0) is 0 Å². The Kier molecular flexibility index (Phi) is 3.18. The number of aryl methyl sites for hydroxylation is 1. The summed E-state index contributed by atoms with van der Waals surface area (Å²) in [6, 6.07) is 6.18. The number of benzene rings is 1. The number of halogens is 2. The molecule has 0 atom stereocenters. The minimum atomic E-state index is 0.810. The molecule has 0 aliphatic rings. The molecule has 2 aromatic rings. The van der Waals surface area contributed by atoms with Gasteiger partial charge in [0.15, 0.2) is 0 Å². The summed E-state index contributed by atoms with van der Waals surface area (Å²) < 4.78 is 6.07. The van der Waals surface area contributed by atoms with Crippen molar-refractivity contribution in [2.45, 2.75) is 6.92 Å². The van der Waals surface area contributed by atoms with Gasteiger partial charge in [-0.1, -0.05) is 22.0 Å². The molecule has 2 nitrogen and oxygen atoms in total. The van der Waals surface area contributed by atoms with Crippen molar-refractivity contribution in [3.63, 3.8) is 0 Å². The molecule has 0 aliphatic carbocycles. The van der Waals surface area contributed by atoms with Gasteiger partial charge in [0.05, 0.1) is 0 Å². The van der Waals surface area contributed by atoms with Gasteiger partial charge in [-0.25, -0.2) is 4.98 Å². The largest absolute Gasteiger partial charge is 0.210 e. The summed E-state index contributed by atoms with van der Waals surface area (Å²) in [7, 11) is 0. The first-order chi connectivity index (χ1) is 6.66. The molecule has 0 radical (unpaired) electrons. The van der Waals surface area contributed by atoms with Crippen molar-refractivity contribution in [2.75, 3.05) is 0 Å². The van der Waals surface area contributed by atoms with Gasteiger partial charge in [0.1, 0.15) is 5.01 Å². The highest BCUT2D eigenvalue weighted by molar-refractivity contribution is 14.1. The molecule has 0 amide bonds. The Morgan fingerprint density at radius 3 is 2.79 bits per heavy atom. The van der Waals surface area contributed by atoms with Crippen molar-refractivity contribution in [1.82, 2.24) is 9.36 Å². The van der Waals surface area contributed by atoms with Crippen LogP contribution in [0.15, 0.2) is 22.7 Å². The fourth-order valence-electron chi connectivity index (χ4n) is 1.18. The molecule has 5 heteroatoms. The molecular weight excluding hydrogens is 375 g/mol. The molecule has 1 aromatic carbocycles. The predicted molar refractivity (Wildman–Crippen MR) is 70.5 cm³/mol. The zero-order chi connectivity index (χ0) is 10.1. The summed E-state index contributed by atoms with van der Waals surface area (Å²) in [6.45, 7) is 2.08. The van der Waals surface area contributed by atoms with E-state index in [1.807, 2.05) is 6.07 Å². The second-order valence-corrected chi connectivity index (χ2v) is 5.46. The van der Waals surface area contributed by atoms with Crippen molar-refractivity contribution < 1.29 is 0 Å². The Bertz CT molecular complexity index is 470. The summed E-state index contributed by atoms with van der Waals surface area (Å²) in [4.78, 5) is 4.35. The number of hydrogen-bond acceptors (Lipinski definition) is 3. The van der Waals surface area contributed by atoms with E-state index in [2.05, 4.69) is 66.9 Å². The van der Waals surface area contributed by atoms with E-state index in [4.69, 9.17) is 0 Å². The van der Waals surface area contributed by atoms with Gasteiger partial charge in [-0.15, -0.1) is 0 Å². The van der Waals surface area contributed by atoms with Crippen LogP contribution in [0.5, 0.6) is 0 Å². The zero-order valence-corrected chi connectivity index (χ0v) is 11.9. The average molecular weight is 381 g/mol. The molecule has 0 spiro atoms. The third kappa shape index (κ3) is 2.14. The second-order valence-electron chi connectivity index (χ2n) is 2.83. The van der Waals surface area contributed by atoms with E-state index < -0.39 is 0 Å². The lowest BCUT2D eigenvalue weighted by Crippen LogP contribution is -1.82. The lowest BCUT2D eigenvalue weighted by molar-refractivity contribution is 1.25. The monoisotopic (exact) mass is 380 g/mol. The van der Waals surface area contributed by atoms with E-state index in [-0.39, 0.29) is 0 Å². The predicted octanol–water partition coefficient (Wildman–Crippen LogP) is 3.88. The average Bonchev–Trinajstić information content (AvgIpc) is 2.51. The van der Waals surface area contributed by atoms with Crippen LogP contribution in [-0.4, -0.2) is 9.36 Å². The Morgan fingerprint density at radius 2 is 2.21 bits per heavy atom. The molecule has 0 N–H and O–H groups in total. The van der Waals surface area contributed by atoms with Gasteiger partial charge in [0.2, 0.25) is 3.83 Å². The highest BCUT2D eigenvalue weighted by atomic mass is 127. The minimum Gasteiger partial charge on any atom is -0.210 e. The molecule has 14 heavy (non-hydrogen) atoms. The van der Waals surface area contributed by atoms with Crippen LogP contribution in [0.2, 0.25) is 0 Å². The van der Waals surface area contributed by atoms with Crippen LogP contribution in [0.1, 0.15) is 5.56 Å². The maximum Gasteiger partial charge on any atom is 0.203 e. The topological polar surface area (TPSA) is 25.8 Å². The Hall–Kier alpha value is -0.0100. The van der Waals surface area contributed by atoms with Crippen LogP contribution in [0, 0.1) is 10.8 Å². The molecule has 0 saturated carbocycles. The molecule has 72 valence electrons. The molecule has 0 unspecified atom stereocenters. The summed E-state index contributed by atoms with van der Waals surface area (Å²) in [6.07, 6.45) is 0. The van der Waals surface area contributed by atoms with Crippen LogP contribution in [0.3, 0.4) is 0 Å². The SMILES string of the molecule is Cc1cc(Br)ccc1-c1nc(I)ns1. The highest BCUT2D eigenvalue weighted by Crippen LogP contribution is 2.27. The van der Waals surface area contributed by atoms with Gasteiger partial charge in [-0.05, 0) is 36.2 Å². The van der Waals surface area contributed by atoms with Crippen LogP contribution < -0.4 is 0 Å². The van der Waals surface area contributed by atoms with E-state index in [9.17, 15) is 0 Å². The van der Waals surface area contributed by atoms with E-state index in [1.54, 1.807) is 0 Å². The Labute approximate surface area is 108 Å². The zero-order valence-electron chi connectivity index (χ0n) is 7.29. The van der Waals surface area contributed by atoms with E-state index in [0.29, 0.717) is 0 Å². The fraction of sp³-hybridized carbons (Fsp3) is 0.111. The maximum atomic E-state index is 4.35. The molecule has 0 fully saturated rings. The molecule has 2 rings (SSSR count). The summed E-state index contributed by atoms with van der Waals surface area (Å²) in [5.74, 6) is 0. The van der Waals surface area contributed by atoms with Crippen molar-refractivity contribution in [2.24, 2.45) is 0 Å². The molecular formula is C9H6BrIN2S. The first-order valence-electron chi connectivity index (χ1n) is 3.92. The first-order valence-corrected chi connectivity index (χ1v) is 6.57. The van der Waals surface area contributed by atoms with Gasteiger partial charge >= 0.3 is 0 Å². The second kappa shape index (κ2) is 4.24. The van der Waals surface area contributed by atoms with Gasteiger partial charge in [0.25, 0.3) is 0 Å². The molecule has 0 aliphatic heterocycles.